The summed E-state index contributed by atoms with van der Waals surface area (Å²) >= 11 is 1.38. The molecule has 3 rings (SSSR count). The summed E-state index contributed by atoms with van der Waals surface area (Å²) in [5.41, 5.74) is 2.06. The minimum atomic E-state index is -0.241. The Labute approximate surface area is 151 Å². The first-order chi connectivity index (χ1) is 12.0. The van der Waals surface area contributed by atoms with Gasteiger partial charge >= 0.3 is 0 Å². The topological polar surface area (TPSA) is 66.4 Å². The molecule has 0 bridgehead atoms. The fourth-order valence-electron chi connectivity index (χ4n) is 3.26. The van der Waals surface area contributed by atoms with Crippen molar-refractivity contribution >= 4 is 23.0 Å². The van der Waals surface area contributed by atoms with Gasteiger partial charge in [-0.25, -0.2) is 0 Å². The van der Waals surface area contributed by atoms with E-state index in [1.54, 1.807) is 6.07 Å². The fourth-order valence-corrected chi connectivity index (χ4v) is 4.07. The van der Waals surface area contributed by atoms with Crippen LogP contribution in [0.2, 0.25) is 0 Å². The second kappa shape index (κ2) is 7.93. The van der Waals surface area contributed by atoms with Crippen LogP contribution in [0.5, 0.6) is 0 Å². The molecule has 1 unspecified atom stereocenters. The van der Waals surface area contributed by atoms with E-state index in [2.05, 4.69) is 17.4 Å². The van der Waals surface area contributed by atoms with Gasteiger partial charge in [0.2, 0.25) is 5.91 Å². The molecular weight excluding hydrogens is 334 g/mol. The van der Waals surface area contributed by atoms with Crippen molar-refractivity contribution in [3.63, 3.8) is 0 Å². The van der Waals surface area contributed by atoms with E-state index >= 15 is 0 Å². The second-order valence-electron chi connectivity index (χ2n) is 6.80. The molecule has 1 fully saturated rings. The lowest BCUT2D eigenvalue weighted by Crippen LogP contribution is -2.48. The van der Waals surface area contributed by atoms with Gasteiger partial charge in [-0.15, -0.1) is 11.3 Å². The van der Waals surface area contributed by atoms with Crippen molar-refractivity contribution in [3.8, 4) is 0 Å². The maximum atomic E-state index is 12.5. The summed E-state index contributed by atoms with van der Waals surface area (Å²) in [6, 6.07) is 11.9. The van der Waals surface area contributed by atoms with Crippen molar-refractivity contribution < 1.29 is 14.7 Å². The Morgan fingerprint density at radius 2 is 1.96 bits per heavy atom. The highest BCUT2D eigenvalue weighted by atomic mass is 32.1. The molecule has 0 aliphatic heterocycles. The first-order valence-electron chi connectivity index (χ1n) is 8.61. The lowest BCUT2D eigenvalue weighted by molar-refractivity contribution is -0.122. The molecule has 0 spiro atoms. The average Bonchev–Trinajstić information content (AvgIpc) is 3.01. The number of thiophene rings is 1. The van der Waals surface area contributed by atoms with Crippen LogP contribution in [0.15, 0.2) is 41.8 Å². The van der Waals surface area contributed by atoms with Gasteiger partial charge in [-0.2, -0.15) is 0 Å². The van der Waals surface area contributed by atoms with E-state index in [9.17, 15) is 14.7 Å². The number of carbonyl (C=O) groups is 2. The Morgan fingerprint density at radius 1 is 1.24 bits per heavy atom. The summed E-state index contributed by atoms with van der Waals surface area (Å²) in [6.45, 7) is 1.54. The summed E-state index contributed by atoms with van der Waals surface area (Å²) in [7, 11) is 0. The molecule has 4 nitrogen and oxygen atoms in total. The van der Waals surface area contributed by atoms with E-state index < -0.39 is 0 Å². The van der Waals surface area contributed by atoms with Gasteiger partial charge in [-0.05, 0) is 54.7 Å². The largest absolute Gasteiger partial charge is 0.393 e. The Hall–Kier alpha value is -1.98. The van der Waals surface area contributed by atoms with E-state index in [0.29, 0.717) is 10.8 Å². The zero-order valence-corrected chi connectivity index (χ0v) is 15.1. The van der Waals surface area contributed by atoms with Gasteiger partial charge in [-0.1, -0.05) is 30.3 Å². The second-order valence-corrected chi connectivity index (χ2v) is 7.71. The van der Waals surface area contributed by atoms with Crippen molar-refractivity contribution in [2.75, 3.05) is 0 Å². The van der Waals surface area contributed by atoms with Gasteiger partial charge in [0.15, 0.2) is 5.78 Å². The Kier molecular flexibility index (Phi) is 5.66. The van der Waals surface area contributed by atoms with Gasteiger partial charge in [0, 0.05) is 6.04 Å². The molecule has 25 heavy (non-hydrogen) atoms. The normalized spacial score (nSPS) is 20.6. The smallest absolute Gasteiger partial charge is 0.224 e. The standard InChI is InChI=1S/C20H23NO3S/c1-13(22)19-8-15(12-25-19)9-20(24)21-18(16-10-17(23)11-16)7-14-5-3-2-4-6-14/h2-6,8,12,16-18,23H,7,9-11H2,1H3,(H,21,24). The highest BCUT2D eigenvalue weighted by Gasteiger charge is 2.34. The number of ketones is 1. The zero-order valence-electron chi connectivity index (χ0n) is 14.3. The molecule has 1 aromatic carbocycles. The van der Waals surface area contributed by atoms with Gasteiger partial charge in [-0.3, -0.25) is 9.59 Å². The van der Waals surface area contributed by atoms with Crippen molar-refractivity contribution in [1.82, 2.24) is 5.32 Å². The van der Waals surface area contributed by atoms with Crippen molar-refractivity contribution in [1.29, 1.82) is 0 Å². The number of aliphatic hydroxyl groups excluding tert-OH is 1. The molecule has 1 aliphatic rings. The predicted molar refractivity (Wildman–Crippen MR) is 98.8 cm³/mol. The third-order valence-corrected chi connectivity index (χ3v) is 5.81. The summed E-state index contributed by atoms with van der Waals surface area (Å²) in [6.07, 6.45) is 2.29. The van der Waals surface area contributed by atoms with Gasteiger partial charge in [0.1, 0.15) is 0 Å². The molecular formula is C20H23NO3S. The van der Waals surface area contributed by atoms with Gasteiger partial charge < -0.3 is 10.4 Å². The minimum absolute atomic E-state index is 0.0297. The van der Waals surface area contributed by atoms with Crippen LogP contribution < -0.4 is 5.32 Å². The molecule has 5 heteroatoms. The molecule has 1 amide bonds. The number of amides is 1. The van der Waals surface area contributed by atoms with E-state index in [-0.39, 0.29) is 30.3 Å². The quantitative estimate of drug-likeness (QED) is 0.749. The highest BCUT2D eigenvalue weighted by molar-refractivity contribution is 7.12. The van der Waals surface area contributed by atoms with Crippen molar-refractivity contribution in [3.05, 3.63) is 57.8 Å². The van der Waals surface area contributed by atoms with Crippen LogP contribution in [0, 0.1) is 5.92 Å². The van der Waals surface area contributed by atoms with E-state index in [1.807, 2.05) is 23.6 Å². The number of hydrogen-bond donors (Lipinski definition) is 2. The zero-order chi connectivity index (χ0) is 17.8. The summed E-state index contributed by atoms with van der Waals surface area (Å²) in [5.74, 6) is 0.312. The van der Waals surface area contributed by atoms with E-state index in [4.69, 9.17) is 0 Å². The number of rotatable bonds is 7. The Balaban J connectivity index is 1.62. The van der Waals surface area contributed by atoms with Crippen LogP contribution in [0.3, 0.4) is 0 Å². The van der Waals surface area contributed by atoms with Crippen LogP contribution in [0.1, 0.15) is 40.6 Å². The number of benzene rings is 1. The van der Waals surface area contributed by atoms with Crippen LogP contribution >= 0.6 is 11.3 Å². The Bertz CT molecular complexity index is 734. The monoisotopic (exact) mass is 357 g/mol. The van der Waals surface area contributed by atoms with Crippen molar-refractivity contribution in [2.24, 2.45) is 5.92 Å². The van der Waals surface area contributed by atoms with Gasteiger partial charge in [0.05, 0.1) is 17.4 Å². The fraction of sp³-hybridized carbons (Fsp3) is 0.400. The first-order valence-corrected chi connectivity index (χ1v) is 9.49. The molecule has 2 aromatic rings. The minimum Gasteiger partial charge on any atom is -0.393 e. The summed E-state index contributed by atoms with van der Waals surface area (Å²) < 4.78 is 0. The molecule has 0 radical (unpaired) electrons. The van der Waals surface area contributed by atoms with Crippen LogP contribution in [-0.2, 0) is 17.6 Å². The first kappa shape index (κ1) is 17.8. The van der Waals surface area contributed by atoms with E-state index in [0.717, 1.165) is 24.8 Å². The summed E-state index contributed by atoms with van der Waals surface area (Å²) in [5, 5.41) is 14.6. The van der Waals surface area contributed by atoms with Crippen LogP contribution in [0.25, 0.3) is 0 Å². The molecule has 132 valence electrons. The molecule has 1 heterocycles. The maximum Gasteiger partial charge on any atom is 0.224 e. The third kappa shape index (κ3) is 4.77. The van der Waals surface area contributed by atoms with E-state index in [1.165, 1.54) is 23.8 Å². The third-order valence-electron chi connectivity index (χ3n) is 4.73. The number of nitrogens with one attached hydrogen (secondary N) is 1. The highest BCUT2D eigenvalue weighted by Crippen LogP contribution is 2.31. The van der Waals surface area contributed by atoms with Crippen LogP contribution in [0.4, 0.5) is 0 Å². The molecule has 1 atom stereocenters. The number of carbonyl (C=O) groups excluding carboxylic acids is 2. The number of Topliss-reactive ketones (excluding diaryl/α,β-unsaturated/α-hetero) is 1. The molecule has 1 aromatic heterocycles. The Morgan fingerprint density at radius 3 is 2.56 bits per heavy atom. The number of hydrogen-bond acceptors (Lipinski definition) is 4. The van der Waals surface area contributed by atoms with Crippen LogP contribution in [-0.4, -0.2) is 28.9 Å². The summed E-state index contributed by atoms with van der Waals surface area (Å²) in [4.78, 5) is 24.5. The molecule has 1 aliphatic carbocycles. The number of aliphatic hydroxyl groups is 1. The van der Waals surface area contributed by atoms with Crippen molar-refractivity contribution in [2.45, 2.75) is 44.8 Å². The van der Waals surface area contributed by atoms with Gasteiger partial charge in [0.25, 0.3) is 0 Å². The SMILES string of the molecule is CC(=O)c1cc(CC(=O)NC(Cc2ccccc2)C2CC(O)C2)cs1. The maximum absolute atomic E-state index is 12.5. The lowest BCUT2D eigenvalue weighted by Gasteiger charge is -2.38. The average molecular weight is 357 g/mol. The lowest BCUT2D eigenvalue weighted by atomic mass is 9.75. The molecule has 2 N–H and O–H groups in total. The molecule has 1 saturated carbocycles. The molecule has 0 saturated heterocycles. The predicted octanol–water partition coefficient (Wildman–Crippen LogP) is 2.99.